The number of nitro groups is 1. The molecule has 0 radical (unpaired) electrons. The van der Waals surface area contributed by atoms with Crippen LogP contribution < -0.4 is 5.32 Å². The van der Waals surface area contributed by atoms with E-state index in [4.69, 9.17) is 11.6 Å². The summed E-state index contributed by atoms with van der Waals surface area (Å²) >= 11 is 5.58. The molecule has 1 aromatic rings. The van der Waals surface area contributed by atoms with Crippen LogP contribution in [0.5, 0.6) is 0 Å². The fraction of sp³-hybridized carbons (Fsp3) is 0.571. The van der Waals surface area contributed by atoms with Crippen molar-refractivity contribution < 1.29 is 9.31 Å². The molecule has 0 amide bonds. The summed E-state index contributed by atoms with van der Waals surface area (Å²) in [6.07, 6.45) is 0. The molecule has 0 saturated heterocycles. The molecule has 5 nitrogen and oxygen atoms in total. The van der Waals surface area contributed by atoms with Crippen LogP contribution in [0.25, 0.3) is 0 Å². The van der Waals surface area contributed by atoms with Crippen LogP contribution in [-0.4, -0.2) is 35.0 Å². The number of nitrogens with zero attached hydrogens (tertiary/aromatic N) is 2. The highest BCUT2D eigenvalue weighted by molar-refractivity contribution is 6.31. The minimum atomic E-state index is -0.672. The summed E-state index contributed by atoms with van der Waals surface area (Å²) in [4.78, 5) is 12.6. The number of nitro benzene ring substituents is 1. The minimum Gasteiger partial charge on any atom is -0.378 e. The zero-order valence-electron chi connectivity index (χ0n) is 12.7. The number of anilines is 1. The van der Waals surface area contributed by atoms with Gasteiger partial charge in [-0.3, -0.25) is 15.0 Å². The van der Waals surface area contributed by atoms with E-state index in [0.717, 1.165) is 12.1 Å². The van der Waals surface area contributed by atoms with E-state index in [1.54, 1.807) is 0 Å². The average molecular weight is 318 g/mol. The molecule has 7 heteroatoms. The molecule has 0 bridgehead atoms. The van der Waals surface area contributed by atoms with Gasteiger partial charge in [0.1, 0.15) is 11.5 Å². The molecular weight excluding hydrogens is 297 g/mol. The summed E-state index contributed by atoms with van der Waals surface area (Å²) in [6.45, 7) is 9.54. The normalized spacial score (nSPS) is 11.5. The molecule has 1 aromatic carbocycles. The fourth-order valence-corrected chi connectivity index (χ4v) is 2.42. The van der Waals surface area contributed by atoms with Gasteiger partial charge in [0.15, 0.2) is 0 Å². The van der Waals surface area contributed by atoms with E-state index in [-0.39, 0.29) is 16.4 Å². The molecule has 0 atom stereocenters. The fourth-order valence-electron chi connectivity index (χ4n) is 2.26. The minimum absolute atomic E-state index is 0.148. The van der Waals surface area contributed by atoms with Gasteiger partial charge in [0, 0.05) is 37.3 Å². The Hall–Kier alpha value is -1.40. The van der Waals surface area contributed by atoms with Crippen molar-refractivity contribution in [3.8, 4) is 0 Å². The van der Waals surface area contributed by atoms with Crippen molar-refractivity contribution in [3.63, 3.8) is 0 Å². The summed E-state index contributed by atoms with van der Waals surface area (Å²) in [5.41, 5.74) is -0.0728. The van der Waals surface area contributed by atoms with Gasteiger partial charge in [0.2, 0.25) is 0 Å². The molecule has 0 heterocycles. The number of hydrogen-bond acceptors (Lipinski definition) is 4. The second-order valence-corrected chi connectivity index (χ2v) is 5.80. The molecule has 118 valence electrons. The van der Waals surface area contributed by atoms with Crippen LogP contribution in [0.4, 0.5) is 15.8 Å². The van der Waals surface area contributed by atoms with Crippen molar-refractivity contribution in [2.24, 2.45) is 0 Å². The van der Waals surface area contributed by atoms with Gasteiger partial charge < -0.3 is 5.32 Å². The van der Waals surface area contributed by atoms with Gasteiger partial charge in [-0.05, 0) is 27.7 Å². The van der Waals surface area contributed by atoms with E-state index in [1.807, 2.05) is 0 Å². The Morgan fingerprint density at radius 3 is 2.38 bits per heavy atom. The smallest absolute Gasteiger partial charge is 0.294 e. The molecule has 0 aliphatic rings. The van der Waals surface area contributed by atoms with E-state index < -0.39 is 10.7 Å². The Kier molecular flexibility index (Phi) is 6.36. The Balaban J connectivity index is 2.79. The molecule has 1 rings (SSSR count). The third kappa shape index (κ3) is 4.82. The Labute approximate surface area is 129 Å². The van der Waals surface area contributed by atoms with Gasteiger partial charge in [-0.15, -0.1) is 0 Å². The summed E-state index contributed by atoms with van der Waals surface area (Å²) < 4.78 is 13.5. The van der Waals surface area contributed by atoms with Crippen LogP contribution in [0.2, 0.25) is 5.02 Å². The van der Waals surface area contributed by atoms with Crippen LogP contribution in [0.1, 0.15) is 27.7 Å². The first-order valence-corrected chi connectivity index (χ1v) is 7.24. The van der Waals surface area contributed by atoms with Gasteiger partial charge in [-0.1, -0.05) is 11.6 Å². The van der Waals surface area contributed by atoms with Gasteiger partial charge in [-0.25, -0.2) is 4.39 Å². The van der Waals surface area contributed by atoms with Crippen molar-refractivity contribution >= 4 is 23.0 Å². The lowest BCUT2D eigenvalue weighted by Gasteiger charge is -2.30. The molecule has 0 aliphatic heterocycles. The standard InChI is InChI=1S/C14H21ClFN3O2/c1-9(2)18(10(3)4)6-5-17-13-8-12(16)11(15)7-14(13)19(20)21/h7-10,17H,5-6H2,1-4H3. The van der Waals surface area contributed by atoms with Crippen molar-refractivity contribution in [2.75, 3.05) is 18.4 Å². The molecule has 0 aliphatic carbocycles. The summed E-state index contributed by atoms with van der Waals surface area (Å²) in [6, 6.07) is 2.82. The molecular formula is C14H21ClFN3O2. The SMILES string of the molecule is CC(C)N(CCNc1cc(F)c(Cl)cc1[N+](=O)[O-])C(C)C. The summed E-state index contributed by atoms with van der Waals surface area (Å²) in [5.74, 6) is -0.672. The number of halogens is 2. The van der Waals surface area contributed by atoms with E-state index in [0.29, 0.717) is 25.2 Å². The summed E-state index contributed by atoms with van der Waals surface area (Å²) in [7, 11) is 0. The molecule has 0 unspecified atom stereocenters. The predicted molar refractivity (Wildman–Crippen MR) is 83.5 cm³/mol. The predicted octanol–water partition coefficient (Wildman–Crippen LogP) is 3.92. The van der Waals surface area contributed by atoms with Crippen molar-refractivity contribution in [1.29, 1.82) is 0 Å². The van der Waals surface area contributed by atoms with Crippen molar-refractivity contribution in [3.05, 3.63) is 33.1 Å². The van der Waals surface area contributed by atoms with E-state index in [2.05, 4.69) is 37.9 Å². The first-order chi connectivity index (χ1) is 9.73. The third-order valence-electron chi connectivity index (χ3n) is 3.25. The van der Waals surface area contributed by atoms with Crippen LogP contribution in [0, 0.1) is 15.9 Å². The molecule has 0 spiro atoms. The van der Waals surface area contributed by atoms with E-state index >= 15 is 0 Å². The topological polar surface area (TPSA) is 58.4 Å². The van der Waals surface area contributed by atoms with Crippen LogP contribution >= 0.6 is 11.6 Å². The third-order valence-corrected chi connectivity index (χ3v) is 3.54. The molecule has 0 saturated carbocycles. The number of benzene rings is 1. The molecule has 0 aromatic heterocycles. The lowest BCUT2D eigenvalue weighted by Crippen LogP contribution is -2.40. The molecule has 21 heavy (non-hydrogen) atoms. The van der Waals surface area contributed by atoms with Gasteiger partial charge in [0.05, 0.1) is 9.95 Å². The zero-order valence-corrected chi connectivity index (χ0v) is 13.4. The lowest BCUT2D eigenvalue weighted by atomic mass is 10.2. The highest BCUT2D eigenvalue weighted by Crippen LogP contribution is 2.30. The maximum atomic E-state index is 13.5. The maximum absolute atomic E-state index is 13.5. The summed E-state index contributed by atoms with van der Waals surface area (Å²) in [5, 5.41) is 13.6. The Morgan fingerprint density at radius 1 is 1.33 bits per heavy atom. The van der Waals surface area contributed by atoms with Gasteiger partial charge >= 0.3 is 0 Å². The second-order valence-electron chi connectivity index (χ2n) is 5.39. The first kappa shape index (κ1) is 17.7. The highest BCUT2D eigenvalue weighted by atomic mass is 35.5. The van der Waals surface area contributed by atoms with Gasteiger partial charge in [-0.2, -0.15) is 0 Å². The zero-order chi connectivity index (χ0) is 16.2. The van der Waals surface area contributed by atoms with E-state index in [9.17, 15) is 14.5 Å². The lowest BCUT2D eigenvalue weighted by molar-refractivity contribution is -0.384. The molecule has 1 N–H and O–H groups in total. The van der Waals surface area contributed by atoms with Crippen LogP contribution in [0.3, 0.4) is 0 Å². The number of rotatable bonds is 7. The molecule has 0 fully saturated rings. The first-order valence-electron chi connectivity index (χ1n) is 6.87. The van der Waals surface area contributed by atoms with Crippen molar-refractivity contribution in [2.45, 2.75) is 39.8 Å². The van der Waals surface area contributed by atoms with Gasteiger partial charge in [0.25, 0.3) is 5.69 Å². The quantitative estimate of drug-likeness (QED) is 0.611. The Bertz CT molecular complexity index is 501. The number of hydrogen-bond donors (Lipinski definition) is 1. The maximum Gasteiger partial charge on any atom is 0.294 e. The largest absolute Gasteiger partial charge is 0.378 e. The van der Waals surface area contributed by atoms with Crippen molar-refractivity contribution in [1.82, 2.24) is 4.90 Å². The average Bonchev–Trinajstić information content (AvgIpc) is 2.36. The highest BCUT2D eigenvalue weighted by Gasteiger charge is 2.18. The monoisotopic (exact) mass is 317 g/mol. The van der Waals surface area contributed by atoms with Crippen LogP contribution in [0.15, 0.2) is 12.1 Å². The number of nitrogens with one attached hydrogen (secondary N) is 1. The Morgan fingerprint density at radius 2 is 1.90 bits per heavy atom. The van der Waals surface area contributed by atoms with Crippen LogP contribution in [-0.2, 0) is 0 Å². The second kappa shape index (κ2) is 7.56. The van der Waals surface area contributed by atoms with E-state index in [1.165, 1.54) is 0 Å².